The molecule has 1 rings (SSSR count). The summed E-state index contributed by atoms with van der Waals surface area (Å²) >= 11 is 0. The quantitative estimate of drug-likeness (QED) is 0.302. The molecule has 0 radical (unpaired) electrons. The number of hydrogen-bond donors (Lipinski definition) is 0. The SMILES string of the molecule is CCCCCCCCCCCCO[N+](=O)[O-].c1ccncc1. The second-order valence-corrected chi connectivity index (χ2v) is 5.26. The molecule has 5 nitrogen and oxygen atoms in total. The van der Waals surface area contributed by atoms with E-state index in [-0.39, 0.29) is 6.61 Å². The summed E-state index contributed by atoms with van der Waals surface area (Å²) in [6.07, 6.45) is 15.8. The van der Waals surface area contributed by atoms with Crippen molar-refractivity contribution in [2.75, 3.05) is 6.61 Å². The molecule has 0 spiro atoms. The molecule has 0 saturated heterocycles. The normalized spacial score (nSPS) is 9.68. The molecule has 1 heterocycles. The first-order valence-electron chi connectivity index (χ1n) is 8.39. The van der Waals surface area contributed by atoms with Crippen LogP contribution in [0, 0.1) is 10.1 Å². The maximum atomic E-state index is 9.84. The van der Waals surface area contributed by atoms with Gasteiger partial charge in [-0.15, -0.1) is 10.1 Å². The van der Waals surface area contributed by atoms with Gasteiger partial charge in [-0.3, -0.25) is 4.98 Å². The van der Waals surface area contributed by atoms with Crippen molar-refractivity contribution in [3.63, 3.8) is 0 Å². The number of pyridine rings is 1. The van der Waals surface area contributed by atoms with E-state index in [4.69, 9.17) is 0 Å². The average Bonchev–Trinajstić information content (AvgIpc) is 2.54. The Labute approximate surface area is 134 Å². The molecule has 5 heteroatoms. The number of nitrogens with zero attached hydrogens (tertiary/aromatic N) is 2. The molecule has 0 N–H and O–H groups in total. The molecule has 1 aromatic rings. The molecule has 1 aromatic heterocycles. The van der Waals surface area contributed by atoms with Crippen molar-refractivity contribution >= 4 is 0 Å². The Morgan fingerprint density at radius 3 is 1.73 bits per heavy atom. The minimum absolute atomic E-state index is 0.253. The second kappa shape index (κ2) is 17.4. The molecule has 0 aromatic carbocycles. The van der Waals surface area contributed by atoms with E-state index in [9.17, 15) is 10.1 Å². The van der Waals surface area contributed by atoms with Crippen LogP contribution in [-0.2, 0) is 4.84 Å². The Kier molecular flexibility index (Phi) is 16.1. The lowest BCUT2D eigenvalue weighted by Crippen LogP contribution is -2.01. The molecular weight excluding hydrogens is 280 g/mol. The zero-order valence-corrected chi connectivity index (χ0v) is 13.8. The zero-order valence-electron chi connectivity index (χ0n) is 13.8. The van der Waals surface area contributed by atoms with Crippen LogP contribution in [0.15, 0.2) is 30.6 Å². The Morgan fingerprint density at radius 2 is 1.36 bits per heavy atom. The van der Waals surface area contributed by atoms with Crippen LogP contribution in [0.25, 0.3) is 0 Å². The minimum atomic E-state index is -0.715. The van der Waals surface area contributed by atoms with Gasteiger partial charge in [-0.25, -0.2) is 0 Å². The first kappa shape index (κ1) is 20.3. The molecule has 22 heavy (non-hydrogen) atoms. The van der Waals surface area contributed by atoms with Gasteiger partial charge in [-0.05, 0) is 18.6 Å². The third kappa shape index (κ3) is 18.4. The summed E-state index contributed by atoms with van der Waals surface area (Å²) in [5.41, 5.74) is 0. The van der Waals surface area contributed by atoms with Gasteiger partial charge in [-0.1, -0.05) is 70.8 Å². The number of hydrogen-bond acceptors (Lipinski definition) is 4. The average molecular weight is 310 g/mol. The Bertz CT molecular complexity index is 307. The zero-order chi connectivity index (χ0) is 16.3. The highest BCUT2D eigenvalue weighted by Gasteiger charge is 1.95. The van der Waals surface area contributed by atoms with E-state index in [2.05, 4.69) is 16.7 Å². The van der Waals surface area contributed by atoms with Crippen LogP contribution in [0.5, 0.6) is 0 Å². The highest BCUT2D eigenvalue weighted by atomic mass is 16.9. The monoisotopic (exact) mass is 310 g/mol. The molecule has 0 bridgehead atoms. The van der Waals surface area contributed by atoms with Crippen molar-refractivity contribution in [2.45, 2.75) is 71.1 Å². The standard InChI is InChI=1S/C12H25NO3.C5H5N/c1-2-3-4-5-6-7-8-9-10-11-12-16-13(14)15;1-2-4-6-5-3-1/h2-12H2,1H3;1-5H. The van der Waals surface area contributed by atoms with Crippen LogP contribution in [0.2, 0.25) is 0 Å². The lowest BCUT2D eigenvalue weighted by Gasteiger charge is -2.01. The van der Waals surface area contributed by atoms with Gasteiger partial charge in [0.05, 0.1) is 6.61 Å². The summed E-state index contributed by atoms with van der Waals surface area (Å²) in [5, 5.41) is 9.13. The predicted molar refractivity (Wildman–Crippen MR) is 89.0 cm³/mol. The summed E-state index contributed by atoms with van der Waals surface area (Å²) in [6.45, 7) is 2.48. The summed E-state index contributed by atoms with van der Waals surface area (Å²) in [7, 11) is 0. The Balaban J connectivity index is 0.000000604. The highest BCUT2D eigenvalue weighted by Crippen LogP contribution is 2.10. The summed E-state index contributed by atoms with van der Waals surface area (Å²) in [5.74, 6) is 0. The van der Waals surface area contributed by atoms with Gasteiger partial charge in [0, 0.05) is 12.4 Å². The van der Waals surface area contributed by atoms with E-state index < -0.39 is 5.09 Å². The maximum Gasteiger partial charge on any atom is 0.294 e. The third-order valence-electron chi connectivity index (χ3n) is 3.26. The molecule has 0 fully saturated rings. The van der Waals surface area contributed by atoms with Gasteiger partial charge >= 0.3 is 0 Å². The number of aromatic nitrogens is 1. The first-order valence-corrected chi connectivity index (χ1v) is 8.39. The van der Waals surface area contributed by atoms with Crippen molar-refractivity contribution in [3.8, 4) is 0 Å². The van der Waals surface area contributed by atoms with Crippen LogP contribution in [-0.4, -0.2) is 16.7 Å². The fourth-order valence-electron chi connectivity index (χ4n) is 2.04. The van der Waals surface area contributed by atoms with Crippen molar-refractivity contribution in [1.82, 2.24) is 4.98 Å². The fourth-order valence-corrected chi connectivity index (χ4v) is 2.04. The maximum absolute atomic E-state index is 9.84. The minimum Gasteiger partial charge on any atom is -0.314 e. The van der Waals surface area contributed by atoms with E-state index in [0.29, 0.717) is 0 Å². The number of unbranched alkanes of at least 4 members (excludes halogenated alkanes) is 9. The van der Waals surface area contributed by atoms with Crippen molar-refractivity contribution in [3.05, 3.63) is 40.7 Å². The van der Waals surface area contributed by atoms with Crippen molar-refractivity contribution in [1.29, 1.82) is 0 Å². The third-order valence-corrected chi connectivity index (χ3v) is 3.26. The van der Waals surface area contributed by atoms with Crippen molar-refractivity contribution in [2.24, 2.45) is 0 Å². The summed E-state index contributed by atoms with van der Waals surface area (Å²) in [4.78, 5) is 17.9. The van der Waals surface area contributed by atoms with E-state index in [1.165, 1.54) is 51.4 Å². The van der Waals surface area contributed by atoms with E-state index in [1.807, 2.05) is 18.2 Å². The van der Waals surface area contributed by atoms with Crippen molar-refractivity contribution < 1.29 is 9.92 Å². The molecule has 0 aliphatic rings. The van der Waals surface area contributed by atoms with Crippen LogP contribution in [0.4, 0.5) is 0 Å². The lowest BCUT2D eigenvalue weighted by molar-refractivity contribution is -0.757. The molecule has 0 saturated carbocycles. The van der Waals surface area contributed by atoms with Gasteiger partial charge in [0.2, 0.25) is 0 Å². The van der Waals surface area contributed by atoms with E-state index in [0.717, 1.165) is 12.8 Å². The van der Waals surface area contributed by atoms with Gasteiger partial charge in [0.15, 0.2) is 0 Å². The van der Waals surface area contributed by atoms with Crippen LogP contribution in [0.3, 0.4) is 0 Å². The van der Waals surface area contributed by atoms with Gasteiger partial charge < -0.3 is 4.84 Å². The van der Waals surface area contributed by atoms with Crippen LogP contribution < -0.4 is 0 Å². The molecule has 0 unspecified atom stereocenters. The predicted octanol–water partition coefficient (Wildman–Crippen LogP) is 5.20. The fraction of sp³-hybridized carbons (Fsp3) is 0.706. The Hall–Kier alpha value is -1.65. The van der Waals surface area contributed by atoms with Crippen LogP contribution in [0.1, 0.15) is 71.1 Å². The lowest BCUT2D eigenvalue weighted by atomic mass is 10.1. The molecule has 0 aliphatic carbocycles. The largest absolute Gasteiger partial charge is 0.314 e. The number of rotatable bonds is 12. The molecule has 0 aliphatic heterocycles. The topological polar surface area (TPSA) is 65.3 Å². The second-order valence-electron chi connectivity index (χ2n) is 5.26. The Morgan fingerprint density at radius 1 is 0.864 bits per heavy atom. The van der Waals surface area contributed by atoms with Gasteiger partial charge in [-0.2, -0.15) is 0 Å². The smallest absolute Gasteiger partial charge is 0.294 e. The van der Waals surface area contributed by atoms with Gasteiger partial charge in [0.25, 0.3) is 5.09 Å². The van der Waals surface area contributed by atoms with E-state index in [1.54, 1.807) is 12.4 Å². The van der Waals surface area contributed by atoms with E-state index >= 15 is 0 Å². The molecule has 126 valence electrons. The summed E-state index contributed by atoms with van der Waals surface area (Å²) in [6, 6.07) is 5.72. The van der Waals surface area contributed by atoms with Gasteiger partial charge in [0.1, 0.15) is 0 Å². The first-order chi connectivity index (χ1) is 10.8. The molecule has 0 amide bonds. The molecular formula is C17H30N2O3. The summed E-state index contributed by atoms with van der Waals surface area (Å²) < 4.78 is 0. The highest BCUT2D eigenvalue weighted by molar-refractivity contribution is 4.88. The molecule has 0 atom stereocenters. The van der Waals surface area contributed by atoms with Crippen LogP contribution >= 0.6 is 0 Å².